The van der Waals surface area contributed by atoms with Gasteiger partial charge in [-0.1, -0.05) is 29.8 Å². The Bertz CT molecular complexity index is 673. The molecule has 0 aliphatic heterocycles. The van der Waals surface area contributed by atoms with E-state index in [2.05, 4.69) is 15.3 Å². The van der Waals surface area contributed by atoms with Crippen LogP contribution >= 0.6 is 11.6 Å². The van der Waals surface area contributed by atoms with Gasteiger partial charge in [-0.15, -0.1) is 0 Å². The molecule has 21 heavy (non-hydrogen) atoms. The van der Waals surface area contributed by atoms with E-state index in [1.165, 1.54) is 0 Å². The van der Waals surface area contributed by atoms with Gasteiger partial charge in [0.15, 0.2) is 6.19 Å². The molecule has 0 unspecified atom stereocenters. The molecule has 0 spiro atoms. The predicted molar refractivity (Wildman–Crippen MR) is 84.0 cm³/mol. The standard InChI is InChI=1S/C15H14ClN5/c16-13-4-2-1-3-11(13)7-8-19-15(21-10-17)12-5-6-14(18)20-9-12/h1-6,9H,7-8H2,(H2,18,20)(H,19,21). The number of aliphatic imine (C=N–C) groups is 1. The summed E-state index contributed by atoms with van der Waals surface area (Å²) < 4.78 is 0. The van der Waals surface area contributed by atoms with Gasteiger partial charge in [0, 0.05) is 23.3 Å². The van der Waals surface area contributed by atoms with Crippen LogP contribution < -0.4 is 11.1 Å². The summed E-state index contributed by atoms with van der Waals surface area (Å²) in [5, 5.41) is 12.1. The van der Waals surface area contributed by atoms with E-state index in [0.717, 1.165) is 10.6 Å². The zero-order valence-electron chi connectivity index (χ0n) is 11.3. The van der Waals surface area contributed by atoms with Crippen molar-refractivity contribution in [2.45, 2.75) is 6.42 Å². The maximum absolute atomic E-state index is 8.80. The Balaban J connectivity index is 2.10. The van der Waals surface area contributed by atoms with E-state index in [9.17, 15) is 0 Å². The minimum Gasteiger partial charge on any atom is -0.384 e. The Labute approximate surface area is 128 Å². The highest BCUT2D eigenvalue weighted by atomic mass is 35.5. The SMILES string of the molecule is N#CNC(=NCCc1ccccc1Cl)c1ccc(N)nc1. The molecule has 0 fully saturated rings. The zero-order valence-corrected chi connectivity index (χ0v) is 12.0. The van der Waals surface area contributed by atoms with E-state index in [-0.39, 0.29) is 0 Å². The number of nitrogens with two attached hydrogens (primary N) is 1. The molecule has 106 valence electrons. The summed E-state index contributed by atoms with van der Waals surface area (Å²) in [6.45, 7) is 0.512. The van der Waals surface area contributed by atoms with E-state index in [4.69, 9.17) is 22.6 Å². The molecule has 1 aromatic heterocycles. The van der Waals surface area contributed by atoms with E-state index in [0.29, 0.717) is 30.2 Å². The molecule has 0 amide bonds. The molecule has 6 heteroatoms. The molecule has 0 aliphatic rings. The van der Waals surface area contributed by atoms with Crippen LogP contribution in [0.15, 0.2) is 47.6 Å². The number of nitrogens with one attached hydrogen (secondary N) is 1. The lowest BCUT2D eigenvalue weighted by Crippen LogP contribution is -2.20. The molecule has 0 saturated heterocycles. The maximum Gasteiger partial charge on any atom is 0.182 e. The van der Waals surface area contributed by atoms with Crippen LogP contribution in [-0.2, 0) is 6.42 Å². The number of nitrogens with zero attached hydrogens (tertiary/aromatic N) is 3. The molecule has 0 atom stereocenters. The van der Waals surface area contributed by atoms with Crippen molar-refractivity contribution in [3.8, 4) is 6.19 Å². The second-order valence-electron chi connectivity index (χ2n) is 4.28. The lowest BCUT2D eigenvalue weighted by Gasteiger charge is -2.05. The maximum atomic E-state index is 8.80. The number of rotatable bonds is 4. The molecule has 0 radical (unpaired) electrons. The lowest BCUT2D eigenvalue weighted by atomic mass is 10.1. The van der Waals surface area contributed by atoms with Gasteiger partial charge < -0.3 is 5.73 Å². The summed E-state index contributed by atoms with van der Waals surface area (Å²) in [5.74, 6) is 0.892. The number of benzene rings is 1. The normalized spacial score (nSPS) is 11.0. The lowest BCUT2D eigenvalue weighted by molar-refractivity contribution is 0.958. The van der Waals surface area contributed by atoms with Crippen LogP contribution in [0.4, 0.5) is 5.82 Å². The van der Waals surface area contributed by atoms with Crippen molar-refractivity contribution < 1.29 is 0 Å². The largest absolute Gasteiger partial charge is 0.384 e. The van der Waals surface area contributed by atoms with Gasteiger partial charge in [-0.05, 0) is 30.2 Å². The fourth-order valence-electron chi connectivity index (χ4n) is 1.79. The summed E-state index contributed by atoms with van der Waals surface area (Å²) in [5.41, 5.74) is 7.28. The highest BCUT2D eigenvalue weighted by Crippen LogP contribution is 2.15. The van der Waals surface area contributed by atoms with Gasteiger partial charge in [-0.25, -0.2) is 4.98 Å². The minimum atomic E-state index is 0.422. The van der Waals surface area contributed by atoms with Crippen molar-refractivity contribution in [3.05, 3.63) is 58.7 Å². The Morgan fingerprint density at radius 1 is 1.33 bits per heavy atom. The number of nitriles is 1. The van der Waals surface area contributed by atoms with Crippen LogP contribution in [0.3, 0.4) is 0 Å². The fraction of sp³-hybridized carbons (Fsp3) is 0.133. The van der Waals surface area contributed by atoms with Gasteiger partial charge in [0.2, 0.25) is 0 Å². The first kappa shape index (κ1) is 14.8. The highest BCUT2D eigenvalue weighted by Gasteiger charge is 2.04. The number of hydrogen-bond acceptors (Lipinski definition) is 4. The molecule has 0 aliphatic carbocycles. The van der Waals surface area contributed by atoms with Crippen molar-refractivity contribution in [2.75, 3.05) is 12.3 Å². The predicted octanol–water partition coefficient (Wildman–Crippen LogP) is 2.38. The first-order chi connectivity index (χ1) is 10.2. The molecule has 1 aromatic carbocycles. The van der Waals surface area contributed by atoms with Crippen LogP contribution in [0.5, 0.6) is 0 Å². The molecule has 3 N–H and O–H groups in total. The second kappa shape index (κ2) is 7.27. The summed E-state index contributed by atoms with van der Waals surface area (Å²) in [6.07, 6.45) is 4.15. The number of aromatic nitrogens is 1. The second-order valence-corrected chi connectivity index (χ2v) is 4.69. The quantitative estimate of drug-likeness (QED) is 0.393. The third-order valence-electron chi connectivity index (χ3n) is 2.84. The third-order valence-corrected chi connectivity index (χ3v) is 3.21. The first-order valence-corrected chi connectivity index (χ1v) is 6.73. The summed E-state index contributed by atoms with van der Waals surface area (Å²) >= 11 is 6.09. The van der Waals surface area contributed by atoms with Gasteiger partial charge >= 0.3 is 0 Å². The number of halogens is 1. The summed E-state index contributed by atoms with van der Waals surface area (Å²) in [4.78, 5) is 8.38. The summed E-state index contributed by atoms with van der Waals surface area (Å²) in [6, 6.07) is 11.1. The van der Waals surface area contributed by atoms with Crippen LogP contribution in [0.1, 0.15) is 11.1 Å². The van der Waals surface area contributed by atoms with Crippen molar-refractivity contribution in [1.29, 1.82) is 5.26 Å². The summed E-state index contributed by atoms with van der Waals surface area (Å²) in [7, 11) is 0. The third kappa shape index (κ3) is 4.20. The van der Waals surface area contributed by atoms with Gasteiger partial charge in [0.25, 0.3) is 0 Å². The van der Waals surface area contributed by atoms with Crippen LogP contribution in [-0.4, -0.2) is 17.4 Å². The van der Waals surface area contributed by atoms with E-state index in [1.54, 1.807) is 18.3 Å². The van der Waals surface area contributed by atoms with E-state index < -0.39 is 0 Å². The zero-order chi connectivity index (χ0) is 15.1. The Kier molecular flexibility index (Phi) is 5.13. The highest BCUT2D eigenvalue weighted by molar-refractivity contribution is 6.31. The minimum absolute atomic E-state index is 0.422. The monoisotopic (exact) mass is 299 g/mol. The van der Waals surface area contributed by atoms with Crippen molar-refractivity contribution >= 4 is 23.3 Å². The van der Waals surface area contributed by atoms with E-state index in [1.807, 2.05) is 30.5 Å². The topological polar surface area (TPSA) is 87.1 Å². The van der Waals surface area contributed by atoms with Gasteiger partial charge in [0.05, 0.1) is 0 Å². The number of pyridine rings is 1. The van der Waals surface area contributed by atoms with Crippen LogP contribution in [0.25, 0.3) is 0 Å². The Morgan fingerprint density at radius 3 is 2.81 bits per heavy atom. The number of nitrogen functional groups attached to an aromatic ring is 1. The Morgan fingerprint density at radius 2 is 2.14 bits per heavy atom. The molecule has 0 saturated carbocycles. The molecule has 2 rings (SSSR count). The van der Waals surface area contributed by atoms with Crippen LogP contribution in [0.2, 0.25) is 5.02 Å². The molecular formula is C15H14ClN5. The molecule has 1 heterocycles. The number of anilines is 1. The van der Waals surface area contributed by atoms with Crippen molar-refractivity contribution in [3.63, 3.8) is 0 Å². The van der Waals surface area contributed by atoms with E-state index >= 15 is 0 Å². The van der Waals surface area contributed by atoms with Gasteiger partial charge in [-0.3, -0.25) is 10.3 Å². The number of hydrogen-bond donors (Lipinski definition) is 2. The Hall–Kier alpha value is -2.58. The van der Waals surface area contributed by atoms with Gasteiger partial charge in [-0.2, -0.15) is 5.26 Å². The first-order valence-electron chi connectivity index (χ1n) is 6.35. The molecular weight excluding hydrogens is 286 g/mol. The van der Waals surface area contributed by atoms with Crippen LogP contribution in [0, 0.1) is 11.5 Å². The van der Waals surface area contributed by atoms with Gasteiger partial charge in [0.1, 0.15) is 11.7 Å². The number of amidine groups is 1. The average molecular weight is 300 g/mol. The van der Waals surface area contributed by atoms with Crippen molar-refractivity contribution in [2.24, 2.45) is 4.99 Å². The molecule has 0 bridgehead atoms. The fourth-order valence-corrected chi connectivity index (χ4v) is 2.02. The average Bonchev–Trinajstić information content (AvgIpc) is 2.49. The van der Waals surface area contributed by atoms with Crippen molar-refractivity contribution in [1.82, 2.24) is 10.3 Å². The molecule has 5 nitrogen and oxygen atoms in total. The smallest absolute Gasteiger partial charge is 0.182 e. The molecule has 2 aromatic rings.